The second-order valence-electron chi connectivity index (χ2n) is 8.28. The minimum atomic E-state index is -0.318. The fraction of sp³-hybridized carbons (Fsp3) is 0.333. The number of hydrogen-bond donors (Lipinski definition) is 0. The number of thiophene rings is 1. The third-order valence-electron chi connectivity index (χ3n) is 5.50. The summed E-state index contributed by atoms with van der Waals surface area (Å²) < 4.78 is 6.22. The maximum Gasteiger partial charge on any atom is 0.338 e. The number of fused-ring (bicyclic) bond motifs is 1. The van der Waals surface area contributed by atoms with Crippen LogP contribution >= 0.6 is 22.7 Å². The topological polar surface area (TPSA) is 91.9 Å². The van der Waals surface area contributed by atoms with Gasteiger partial charge in [-0.2, -0.15) is 0 Å². The molecule has 0 atom stereocenters. The highest BCUT2D eigenvalue weighted by Gasteiger charge is 2.09. The smallest absolute Gasteiger partial charge is 0.338 e. The number of rotatable bonds is 12. The molecular formula is C27H30N6O2S2. The van der Waals surface area contributed by atoms with Crippen LogP contribution in [0.4, 0.5) is 27.2 Å². The van der Waals surface area contributed by atoms with Crippen molar-refractivity contribution in [3.05, 3.63) is 60.2 Å². The predicted octanol–water partition coefficient (Wildman–Crippen LogP) is 9.38. The number of aromatic nitrogens is 1. The second-order valence-corrected chi connectivity index (χ2v) is 10.3. The third-order valence-corrected chi connectivity index (χ3v) is 7.43. The van der Waals surface area contributed by atoms with E-state index in [0.717, 1.165) is 52.6 Å². The maximum absolute atomic E-state index is 12.0. The first kappa shape index (κ1) is 26.6. The van der Waals surface area contributed by atoms with Crippen molar-refractivity contribution in [1.29, 1.82) is 0 Å². The first-order chi connectivity index (χ1) is 18.1. The van der Waals surface area contributed by atoms with Crippen LogP contribution in [0.25, 0.3) is 9.53 Å². The molecule has 0 fully saturated rings. The molecule has 0 radical (unpaired) electrons. The Bertz CT molecular complexity index is 1330. The second kappa shape index (κ2) is 13.2. The quantitative estimate of drug-likeness (QED) is 0.103. The molecule has 0 aliphatic rings. The van der Waals surface area contributed by atoms with Crippen LogP contribution in [0.5, 0.6) is 0 Å². The van der Waals surface area contributed by atoms with Gasteiger partial charge in [-0.3, -0.25) is 0 Å². The Morgan fingerprint density at radius 1 is 0.892 bits per heavy atom. The largest absolute Gasteiger partial charge is 0.462 e. The third kappa shape index (κ3) is 7.27. The average molecular weight is 535 g/mol. The van der Waals surface area contributed by atoms with Crippen molar-refractivity contribution < 1.29 is 9.53 Å². The summed E-state index contributed by atoms with van der Waals surface area (Å²) in [7, 11) is 0. The van der Waals surface area contributed by atoms with Gasteiger partial charge in [0.15, 0.2) is 0 Å². The molecule has 0 unspecified atom stereocenters. The van der Waals surface area contributed by atoms with Crippen molar-refractivity contribution in [2.45, 2.75) is 40.0 Å². The van der Waals surface area contributed by atoms with E-state index in [-0.39, 0.29) is 5.97 Å². The summed E-state index contributed by atoms with van der Waals surface area (Å²) in [5, 5.41) is 18.6. The Kier molecular flexibility index (Phi) is 9.45. The molecule has 0 bridgehead atoms. The minimum absolute atomic E-state index is 0.318. The maximum atomic E-state index is 12.0. The summed E-state index contributed by atoms with van der Waals surface area (Å²) in [6.07, 6.45) is 2.96. The van der Waals surface area contributed by atoms with Gasteiger partial charge in [-0.15, -0.1) is 20.5 Å². The molecule has 37 heavy (non-hydrogen) atoms. The SMILES string of the molecule is CCCCOC(=O)c1ccc(N=Nc2cc3sc(N=Nc4ccc(N(CC)CCC)cc4)nc3s2)cc1. The van der Waals surface area contributed by atoms with Gasteiger partial charge in [0.05, 0.1) is 28.2 Å². The van der Waals surface area contributed by atoms with Gasteiger partial charge in [-0.05, 0) is 74.4 Å². The van der Waals surface area contributed by atoms with Crippen LogP contribution < -0.4 is 4.90 Å². The van der Waals surface area contributed by atoms with E-state index in [2.05, 4.69) is 63.2 Å². The van der Waals surface area contributed by atoms with Crippen LogP contribution in [0.3, 0.4) is 0 Å². The lowest BCUT2D eigenvalue weighted by Crippen LogP contribution is -2.23. The molecular weight excluding hydrogens is 504 g/mol. The first-order valence-corrected chi connectivity index (χ1v) is 14.1. The lowest BCUT2D eigenvalue weighted by Gasteiger charge is -2.22. The molecule has 0 spiro atoms. The number of nitrogens with zero attached hydrogens (tertiary/aromatic N) is 6. The standard InChI is InChI=1S/C27H30N6O2S2/c1-4-7-17-35-26(34)19-8-10-20(11-9-19)29-31-24-18-23-25(37-24)28-27(36-23)32-30-21-12-14-22(15-13-21)33(6-3)16-5-2/h8-15,18H,4-7,16-17H2,1-3H3. The van der Waals surface area contributed by atoms with Crippen molar-refractivity contribution in [3.63, 3.8) is 0 Å². The fourth-order valence-electron chi connectivity index (χ4n) is 3.54. The van der Waals surface area contributed by atoms with Crippen molar-refractivity contribution in [2.75, 3.05) is 24.6 Å². The number of esters is 1. The van der Waals surface area contributed by atoms with Gasteiger partial charge in [0.1, 0.15) is 9.83 Å². The minimum Gasteiger partial charge on any atom is -0.462 e. The number of benzene rings is 2. The van der Waals surface area contributed by atoms with Gasteiger partial charge in [0.2, 0.25) is 5.13 Å². The van der Waals surface area contributed by atoms with Gasteiger partial charge in [-0.25, -0.2) is 9.78 Å². The van der Waals surface area contributed by atoms with E-state index in [1.807, 2.05) is 18.2 Å². The van der Waals surface area contributed by atoms with Crippen molar-refractivity contribution >= 4 is 65.4 Å². The molecule has 0 aliphatic carbocycles. The van der Waals surface area contributed by atoms with E-state index in [0.29, 0.717) is 23.0 Å². The van der Waals surface area contributed by atoms with Crippen LogP contribution in [0, 0.1) is 0 Å². The van der Waals surface area contributed by atoms with Gasteiger partial charge >= 0.3 is 5.97 Å². The number of hydrogen-bond acceptors (Lipinski definition) is 10. The summed E-state index contributed by atoms with van der Waals surface area (Å²) in [6, 6.07) is 17.0. The number of unbranched alkanes of at least 4 members (excludes halogenated alkanes) is 1. The van der Waals surface area contributed by atoms with Crippen LogP contribution in [-0.4, -0.2) is 30.6 Å². The highest BCUT2D eigenvalue weighted by Crippen LogP contribution is 2.39. The van der Waals surface area contributed by atoms with Crippen LogP contribution in [0.15, 0.2) is 75.1 Å². The number of carbonyl (C=O) groups excluding carboxylic acids is 1. The molecule has 0 N–H and O–H groups in total. The molecule has 4 rings (SSSR count). The summed E-state index contributed by atoms with van der Waals surface area (Å²) in [6.45, 7) is 8.86. The Morgan fingerprint density at radius 2 is 1.59 bits per heavy atom. The van der Waals surface area contributed by atoms with Gasteiger partial charge in [0.25, 0.3) is 0 Å². The fourth-order valence-corrected chi connectivity index (χ4v) is 5.39. The van der Waals surface area contributed by atoms with E-state index in [1.54, 1.807) is 24.3 Å². The molecule has 4 aromatic rings. The average Bonchev–Trinajstić information content (AvgIpc) is 3.49. The Labute approximate surface area is 224 Å². The normalized spacial score (nSPS) is 11.6. The molecule has 0 amide bonds. The molecule has 2 aromatic heterocycles. The van der Waals surface area contributed by atoms with Gasteiger partial charge < -0.3 is 9.64 Å². The molecule has 192 valence electrons. The monoisotopic (exact) mass is 534 g/mol. The highest BCUT2D eigenvalue weighted by atomic mass is 32.1. The van der Waals surface area contributed by atoms with Crippen molar-refractivity contribution in [3.8, 4) is 0 Å². The lowest BCUT2D eigenvalue weighted by molar-refractivity contribution is 0.0500. The number of ether oxygens (including phenoxy) is 1. The zero-order chi connectivity index (χ0) is 26.0. The number of anilines is 1. The van der Waals surface area contributed by atoms with E-state index in [9.17, 15) is 4.79 Å². The van der Waals surface area contributed by atoms with Crippen LogP contribution in [-0.2, 0) is 4.74 Å². The highest BCUT2D eigenvalue weighted by molar-refractivity contribution is 7.30. The molecule has 2 heterocycles. The Hall–Kier alpha value is -3.50. The number of azo groups is 2. The van der Waals surface area contributed by atoms with Crippen molar-refractivity contribution in [1.82, 2.24) is 4.98 Å². The van der Waals surface area contributed by atoms with E-state index in [1.165, 1.54) is 28.4 Å². The summed E-state index contributed by atoms with van der Waals surface area (Å²) >= 11 is 2.92. The van der Waals surface area contributed by atoms with Crippen LogP contribution in [0.1, 0.15) is 50.4 Å². The molecule has 8 nitrogen and oxygen atoms in total. The molecule has 0 saturated carbocycles. The predicted molar refractivity (Wildman–Crippen MR) is 152 cm³/mol. The summed E-state index contributed by atoms with van der Waals surface area (Å²) in [5.41, 5.74) is 3.16. The van der Waals surface area contributed by atoms with Gasteiger partial charge in [0, 0.05) is 18.8 Å². The van der Waals surface area contributed by atoms with Crippen LogP contribution in [0.2, 0.25) is 0 Å². The van der Waals surface area contributed by atoms with E-state index >= 15 is 0 Å². The zero-order valence-electron chi connectivity index (χ0n) is 21.3. The van der Waals surface area contributed by atoms with E-state index < -0.39 is 0 Å². The summed E-state index contributed by atoms with van der Waals surface area (Å²) in [5.74, 6) is -0.318. The van der Waals surface area contributed by atoms with E-state index in [4.69, 9.17) is 4.74 Å². The molecule has 0 saturated heterocycles. The zero-order valence-corrected chi connectivity index (χ0v) is 22.9. The van der Waals surface area contributed by atoms with Crippen molar-refractivity contribution in [2.24, 2.45) is 20.5 Å². The number of carbonyl (C=O) groups is 1. The lowest BCUT2D eigenvalue weighted by atomic mass is 10.2. The molecule has 0 aliphatic heterocycles. The molecule has 10 heteroatoms. The first-order valence-electron chi connectivity index (χ1n) is 12.5. The Morgan fingerprint density at radius 3 is 2.24 bits per heavy atom. The molecule has 2 aromatic carbocycles. The number of thiazole rings is 1. The Balaban J connectivity index is 1.35. The van der Waals surface area contributed by atoms with Gasteiger partial charge in [-0.1, -0.05) is 42.9 Å². The summed E-state index contributed by atoms with van der Waals surface area (Å²) in [4.78, 5) is 19.8.